The van der Waals surface area contributed by atoms with Gasteiger partial charge in [0.1, 0.15) is 5.82 Å². The van der Waals surface area contributed by atoms with E-state index in [-0.39, 0.29) is 5.82 Å². The van der Waals surface area contributed by atoms with Crippen molar-refractivity contribution >= 4 is 37.5 Å². The van der Waals surface area contributed by atoms with Gasteiger partial charge in [0.2, 0.25) is 0 Å². The molecule has 2 rings (SSSR count). The number of hydrogen-bond acceptors (Lipinski definition) is 2. The summed E-state index contributed by atoms with van der Waals surface area (Å²) in [5.74, 6) is -0.183. The van der Waals surface area contributed by atoms with Gasteiger partial charge in [-0.3, -0.25) is 0 Å². The van der Waals surface area contributed by atoms with Crippen LogP contribution in [-0.4, -0.2) is 4.37 Å². The number of benzene rings is 1. The van der Waals surface area contributed by atoms with Crippen molar-refractivity contribution in [1.29, 1.82) is 0 Å². The van der Waals surface area contributed by atoms with Crippen molar-refractivity contribution in [3.63, 3.8) is 0 Å². The van der Waals surface area contributed by atoms with Gasteiger partial charge >= 0.3 is 0 Å². The van der Waals surface area contributed by atoms with Crippen LogP contribution in [0.2, 0.25) is 0 Å². The molecule has 0 saturated carbocycles. The predicted molar refractivity (Wildman–Crippen MR) is 52.2 cm³/mol. The molecule has 1 aromatic carbocycles. The second kappa shape index (κ2) is 3.11. The van der Waals surface area contributed by atoms with Crippen molar-refractivity contribution < 1.29 is 4.39 Å². The number of aromatic nitrogens is 1. The molecule has 0 atom stereocenters. The van der Waals surface area contributed by atoms with Crippen molar-refractivity contribution in [3.05, 3.63) is 29.7 Å². The maximum Gasteiger partial charge on any atom is 0.142 e. The first-order valence-corrected chi connectivity index (χ1v) is 5.31. The molecule has 0 fully saturated rings. The van der Waals surface area contributed by atoms with Gasteiger partial charge in [-0.1, -0.05) is 28.1 Å². The Labute approximate surface area is 81.5 Å². The second-order valence-corrected chi connectivity index (χ2v) is 3.71. The van der Waals surface area contributed by atoms with Crippen molar-refractivity contribution in [3.8, 4) is 0 Å². The van der Waals surface area contributed by atoms with Crippen LogP contribution in [0.25, 0.3) is 10.1 Å². The fourth-order valence-electron chi connectivity index (χ4n) is 1.08. The Hall–Kier alpha value is -0.480. The van der Waals surface area contributed by atoms with E-state index in [1.807, 2.05) is 6.07 Å². The van der Waals surface area contributed by atoms with Gasteiger partial charge < -0.3 is 0 Å². The highest BCUT2D eigenvalue weighted by molar-refractivity contribution is 9.08. The lowest BCUT2D eigenvalue weighted by molar-refractivity contribution is 0.641. The third-order valence-corrected chi connectivity index (χ3v) is 3.09. The van der Waals surface area contributed by atoms with Crippen LogP contribution in [0, 0.1) is 5.82 Å². The smallest absolute Gasteiger partial charge is 0.142 e. The summed E-state index contributed by atoms with van der Waals surface area (Å²) in [6.07, 6.45) is 0. The molecule has 1 nitrogen and oxygen atoms in total. The normalized spacial score (nSPS) is 10.8. The predicted octanol–water partition coefficient (Wildman–Crippen LogP) is 3.33. The molecule has 0 aliphatic carbocycles. The molecular weight excluding hydrogens is 241 g/mol. The first kappa shape index (κ1) is 8.13. The van der Waals surface area contributed by atoms with Gasteiger partial charge in [0.15, 0.2) is 0 Å². The Bertz CT molecular complexity index is 412. The minimum absolute atomic E-state index is 0.183. The van der Waals surface area contributed by atoms with Gasteiger partial charge in [-0.15, -0.1) is 0 Å². The lowest BCUT2D eigenvalue weighted by Crippen LogP contribution is -1.77. The SMILES string of the molecule is Fc1cccc2c(CBr)nsc12. The van der Waals surface area contributed by atoms with Gasteiger partial charge in [-0.05, 0) is 17.6 Å². The Balaban J connectivity index is 2.80. The van der Waals surface area contributed by atoms with E-state index in [2.05, 4.69) is 20.3 Å². The molecule has 0 amide bonds. The van der Waals surface area contributed by atoms with E-state index in [0.717, 1.165) is 11.1 Å². The zero-order valence-electron chi connectivity index (χ0n) is 6.05. The van der Waals surface area contributed by atoms with E-state index < -0.39 is 0 Å². The van der Waals surface area contributed by atoms with Crippen LogP contribution in [-0.2, 0) is 5.33 Å². The standard InChI is InChI=1S/C8H5BrFNS/c9-4-7-5-2-1-3-6(10)8(5)12-11-7/h1-3H,4H2. The average molecular weight is 246 g/mol. The molecular formula is C8H5BrFNS. The Morgan fingerprint density at radius 3 is 3.08 bits per heavy atom. The Morgan fingerprint density at radius 2 is 2.33 bits per heavy atom. The molecule has 0 bridgehead atoms. The lowest BCUT2D eigenvalue weighted by Gasteiger charge is -1.90. The summed E-state index contributed by atoms with van der Waals surface area (Å²) in [6, 6.07) is 5.05. The van der Waals surface area contributed by atoms with E-state index >= 15 is 0 Å². The van der Waals surface area contributed by atoms with Gasteiger partial charge in [0.25, 0.3) is 0 Å². The van der Waals surface area contributed by atoms with Gasteiger partial charge in [-0.2, -0.15) is 4.37 Å². The highest BCUT2D eigenvalue weighted by Gasteiger charge is 2.07. The van der Waals surface area contributed by atoms with E-state index in [0.29, 0.717) is 10.0 Å². The van der Waals surface area contributed by atoms with E-state index in [9.17, 15) is 4.39 Å². The third-order valence-electron chi connectivity index (χ3n) is 1.65. The monoisotopic (exact) mass is 245 g/mol. The molecule has 62 valence electrons. The van der Waals surface area contributed by atoms with Crippen LogP contribution >= 0.6 is 27.5 Å². The summed E-state index contributed by atoms with van der Waals surface area (Å²) in [5.41, 5.74) is 0.912. The molecule has 4 heteroatoms. The minimum Gasteiger partial charge on any atom is -0.205 e. The Morgan fingerprint density at radius 1 is 1.50 bits per heavy atom. The summed E-state index contributed by atoms with van der Waals surface area (Å²) >= 11 is 4.51. The van der Waals surface area contributed by atoms with Crippen molar-refractivity contribution in [1.82, 2.24) is 4.37 Å². The first-order valence-electron chi connectivity index (χ1n) is 3.41. The summed E-state index contributed by atoms with van der Waals surface area (Å²) < 4.78 is 17.9. The summed E-state index contributed by atoms with van der Waals surface area (Å²) in [6.45, 7) is 0. The Kier molecular flexibility index (Phi) is 2.11. The van der Waals surface area contributed by atoms with Gasteiger partial charge in [0, 0.05) is 10.7 Å². The molecule has 0 saturated heterocycles. The summed E-state index contributed by atoms with van der Waals surface area (Å²) in [5, 5.41) is 1.59. The number of halogens is 2. The van der Waals surface area contributed by atoms with Crippen LogP contribution < -0.4 is 0 Å². The first-order chi connectivity index (χ1) is 5.83. The lowest BCUT2D eigenvalue weighted by atomic mass is 10.2. The molecule has 0 unspecified atom stereocenters. The fraction of sp³-hybridized carbons (Fsp3) is 0.125. The summed E-state index contributed by atoms with van der Waals surface area (Å²) in [7, 11) is 0. The largest absolute Gasteiger partial charge is 0.205 e. The highest BCUT2D eigenvalue weighted by Crippen LogP contribution is 2.26. The van der Waals surface area contributed by atoms with Gasteiger partial charge in [0.05, 0.1) is 10.4 Å². The molecule has 0 aliphatic heterocycles. The maximum atomic E-state index is 13.1. The highest BCUT2D eigenvalue weighted by atomic mass is 79.9. The molecule has 0 N–H and O–H groups in total. The van der Waals surface area contributed by atoms with Crippen LogP contribution in [0.5, 0.6) is 0 Å². The van der Waals surface area contributed by atoms with Crippen molar-refractivity contribution in [2.24, 2.45) is 0 Å². The van der Waals surface area contributed by atoms with E-state index in [1.165, 1.54) is 17.6 Å². The maximum absolute atomic E-state index is 13.1. The minimum atomic E-state index is -0.183. The zero-order chi connectivity index (χ0) is 8.55. The molecule has 0 spiro atoms. The molecule has 0 aliphatic rings. The van der Waals surface area contributed by atoms with Crippen LogP contribution in [0.1, 0.15) is 5.69 Å². The number of fused-ring (bicyclic) bond motifs is 1. The topological polar surface area (TPSA) is 12.9 Å². The molecule has 1 heterocycles. The van der Waals surface area contributed by atoms with Crippen LogP contribution in [0.4, 0.5) is 4.39 Å². The molecule has 0 radical (unpaired) electrons. The van der Waals surface area contributed by atoms with E-state index in [4.69, 9.17) is 0 Å². The number of hydrogen-bond donors (Lipinski definition) is 0. The molecule has 2 aromatic rings. The number of alkyl halides is 1. The quantitative estimate of drug-likeness (QED) is 0.703. The number of nitrogens with zero attached hydrogens (tertiary/aromatic N) is 1. The van der Waals surface area contributed by atoms with Crippen LogP contribution in [0.15, 0.2) is 18.2 Å². The van der Waals surface area contributed by atoms with Crippen molar-refractivity contribution in [2.75, 3.05) is 0 Å². The van der Waals surface area contributed by atoms with Gasteiger partial charge in [-0.25, -0.2) is 4.39 Å². The second-order valence-electron chi connectivity index (χ2n) is 2.38. The zero-order valence-corrected chi connectivity index (χ0v) is 8.45. The molecule has 1 aromatic heterocycles. The van der Waals surface area contributed by atoms with Crippen molar-refractivity contribution in [2.45, 2.75) is 5.33 Å². The van der Waals surface area contributed by atoms with E-state index in [1.54, 1.807) is 6.07 Å². The summed E-state index contributed by atoms with van der Waals surface area (Å²) in [4.78, 5) is 0. The van der Waals surface area contributed by atoms with Crippen LogP contribution in [0.3, 0.4) is 0 Å². The molecule has 12 heavy (non-hydrogen) atoms. The third kappa shape index (κ3) is 1.15. The average Bonchev–Trinajstić information content (AvgIpc) is 2.49. The number of rotatable bonds is 1. The fourth-order valence-corrected chi connectivity index (χ4v) is 2.47.